The highest BCUT2D eigenvalue weighted by Gasteiger charge is 2.20. The Balaban J connectivity index is 1.11. The lowest BCUT2D eigenvalue weighted by molar-refractivity contribution is 0.673. The van der Waals surface area contributed by atoms with Gasteiger partial charge in [-0.2, -0.15) is 0 Å². The van der Waals surface area contributed by atoms with Crippen LogP contribution in [0.4, 0.5) is 17.1 Å². The second-order valence-electron chi connectivity index (χ2n) is 14.2. The number of benzene rings is 9. The summed E-state index contributed by atoms with van der Waals surface area (Å²) in [6.45, 7) is 4.52. The zero-order chi connectivity index (χ0) is 36.2. The highest BCUT2D eigenvalue weighted by atomic mass is 16.3. The van der Waals surface area contributed by atoms with Gasteiger partial charge in [0.1, 0.15) is 11.2 Å². The fourth-order valence-electron chi connectivity index (χ4n) is 8.20. The zero-order valence-corrected chi connectivity index (χ0v) is 30.3. The molecule has 0 unspecified atom stereocenters. The molecule has 10 rings (SSSR count). The number of hydrogen-bond donors (Lipinski definition) is 0. The maximum Gasteiger partial charge on any atom is 0.143 e. The summed E-state index contributed by atoms with van der Waals surface area (Å²) >= 11 is 0. The lowest BCUT2D eigenvalue weighted by atomic mass is 9.92. The number of anilines is 3. The topological polar surface area (TPSA) is 16.4 Å². The molecule has 0 N–H and O–H groups in total. The van der Waals surface area contributed by atoms with E-state index in [0.717, 1.165) is 39.0 Å². The molecule has 0 bridgehead atoms. The number of nitrogens with zero attached hydrogens (tertiary/aromatic N) is 1. The first kappa shape index (κ1) is 31.8. The number of rotatable bonds is 6. The van der Waals surface area contributed by atoms with E-state index in [4.69, 9.17) is 4.42 Å². The van der Waals surface area contributed by atoms with E-state index >= 15 is 0 Å². The zero-order valence-electron chi connectivity index (χ0n) is 30.3. The molecule has 0 atom stereocenters. The van der Waals surface area contributed by atoms with E-state index in [-0.39, 0.29) is 0 Å². The molecule has 1 aromatic heterocycles. The molecule has 2 heteroatoms. The van der Waals surface area contributed by atoms with E-state index in [1.807, 2.05) is 6.07 Å². The van der Waals surface area contributed by atoms with Crippen LogP contribution in [0.25, 0.3) is 76.9 Å². The summed E-state index contributed by atoms with van der Waals surface area (Å²) in [6, 6.07) is 67.7. The van der Waals surface area contributed by atoms with Crippen molar-refractivity contribution in [2.75, 3.05) is 4.90 Å². The van der Waals surface area contributed by atoms with Crippen LogP contribution >= 0.6 is 0 Å². The van der Waals surface area contributed by atoms with Crippen molar-refractivity contribution in [3.05, 3.63) is 199 Å². The van der Waals surface area contributed by atoms with Gasteiger partial charge in [0, 0.05) is 33.2 Å². The van der Waals surface area contributed by atoms with Gasteiger partial charge in [0.05, 0.1) is 0 Å². The molecule has 10 aromatic rings. The van der Waals surface area contributed by atoms with Crippen molar-refractivity contribution >= 4 is 60.5 Å². The monoisotopic (exact) mass is 691 g/mol. The Morgan fingerprint density at radius 1 is 0.389 bits per heavy atom. The number of fused-ring (bicyclic) bond motifs is 7. The van der Waals surface area contributed by atoms with Crippen molar-refractivity contribution < 1.29 is 4.42 Å². The van der Waals surface area contributed by atoms with Crippen molar-refractivity contribution in [2.24, 2.45) is 0 Å². The first-order valence-electron chi connectivity index (χ1n) is 18.6. The largest absolute Gasteiger partial charge is 0.455 e. The Hall–Kier alpha value is -6.90. The molecule has 0 spiro atoms. The molecule has 0 radical (unpaired) electrons. The standard InChI is InChI=1S/C52H37NO/c1-34-35(2)49(53(43-19-11-17-39(32-43)36-13-5-3-6-14-36)44-20-12-18-40(33-44)37-15-7-4-8-16-37)30-29-45(34)41-26-27-46-42(31-41)24-23-38-25-28-48-47-21-9-10-22-50(47)54-52(48)51(38)46/h3-33H,1-2H3. The van der Waals surface area contributed by atoms with Gasteiger partial charge in [0.15, 0.2) is 0 Å². The van der Waals surface area contributed by atoms with Gasteiger partial charge < -0.3 is 9.32 Å². The Kier molecular flexibility index (Phi) is 7.63. The normalized spacial score (nSPS) is 11.5. The van der Waals surface area contributed by atoms with Crippen LogP contribution in [0.15, 0.2) is 192 Å². The van der Waals surface area contributed by atoms with Gasteiger partial charge in [-0.3, -0.25) is 0 Å². The maximum atomic E-state index is 6.49. The van der Waals surface area contributed by atoms with Gasteiger partial charge in [-0.05, 0) is 123 Å². The van der Waals surface area contributed by atoms with Crippen LogP contribution in [0.5, 0.6) is 0 Å². The third kappa shape index (κ3) is 5.35. The third-order valence-corrected chi connectivity index (χ3v) is 11.1. The Labute approximate surface area is 315 Å². The number of hydrogen-bond acceptors (Lipinski definition) is 2. The van der Waals surface area contributed by atoms with Gasteiger partial charge in [0.25, 0.3) is 0 Å². The molecule has 1 heterocycles. The summed E-state index contributed by atoms with van der Waals surface area (Å²) in [4.78, 5) is 2.41. The minimum absolute atomic E-state index is 0.924. The van der Waals surface area contributed by atoms with E-state index in [0.29, 0.717) is 0 Å². The summed E-state index contributed by atoms with van der Waals surface area (Å²) in [6.07, 6.45) is 0. The average Bonchev–Trinajstić information content (AvgIpc) is 3.62. The second-order valence-corrected chi connectivity index (χ2v) is 14.2. The minimum Gasteiger partial charge on any atom is -0.455 e. The van der Waals surface area contributed by atoms with Crippen molar-refractivity contribution in [3.8, 4) is 33.4 Å². The fourth-order valence-corrected chi connectivity index (χ4v) is 8.20. The molecule has 54 heavy (non-hydrogen) atoms. The molecule has 9 aromatic carbocycles. The number of para-hydroxylation sites is 1. The van der Waals surface area contributed by atoms with Crippen molar-refractivity contribution in [1.29, 1.82) is 0 Å². The summed E-state index contributed by atoms with van der Waals surface area (Å²) in [5, 5.41) is 7.07. The van der Waals surface area contributed by atoms with Gasteiger partial charge in [-0.15, -0.1) is 0 Å². The van der Waals surface area contributed by atoms with Gasteiger partial charge >= 0.3 is 0 Å². The molecular weight excluding hydrogens is 655 g/mol. The molecular formula is C52H37NO. The average molecular weight is 692 g/mol. The van der Waals surface area contributed by atoms with Crippen LogP contribution in [0.1, 0.15) is 11.1 Å². The molecule has 0 aliphatic rings. The SMILES string of the molecule is Cc1c(-c2ccc3c(ccc4ccc5c6ccccc6oc5c43)c2)ccc(N(c2cccc(-c3ccccc3)c2)c2cccc(-c3ccccc3)c2)c1C. The van der Waals surface area contributed by atoms with Crippen LogP contribution in [-0.4, -0.2) is 0 Å². The fraction of sp³-hybridized carbons (Fsp3) is 0.0385. The first-order chi connectivity index (χ1) is 26.6. The Morgan fingerprint density at radius 2 is 0.981 bits per heavy atom. The van der Waals surface area contributed by atoms with E-state index in [2.05, 4.69) is 201 Å². The van der Waals surface area contributed by atoms with E-state index < -0.39 is 0 Å². The highest BCUT2D eigenvalue weighted by Crippen LogP contribution is 2.43. The Bertz CT molecular complexity index is 2930. The quantitative estimate of drug-likeness (QED) is 0.161. The second kappa shape index (κ2) is 12.9. The lowest BCUT2D eigenvalue weighted by Gasteiger charge is -2.29. The van der Waals surface area contributed by atoms with E-state index in [1.54, 1.807) is 0 Å². The summed E-state index contributed by atoms with van der Waals surface area (Å²) in [5.74, 6) is 0. The van der Waals surface area contributed by atoms with Gasteiger partial charge in [-0.1, -0.05) is 140 Å². The van der Waals surface area contributed by atoms with Crippen molar-refractivity contribution in [3.63, 3.8) is 0 Å². The smallest absolute Gasteiger partial charge is 0.143 e. The first-order valence-corrected chi connectivity index (χ1v) is 18.6. The van der Waals surface area contributed by atoms with Crippen LogP contribution in [0.2, 0.25) is 0 Å². The van der Waals surface area contributed by atoms with Crippen LogP contribution in [-0.2, 0) is 0 Å². The molecule has 0 fully saturated rings. The van der Waals surface area contributed by atoms with Crippen LogP contribution in [0.3, 0.4) is 0 Å². The molecule has 0 aliphatic carbocycles. The molecule has 256 valence electrons. The third-order valence-electron chi connectivity index (χ3n) is 11.1. The van der Waals surface area contributed by atoms with Crippen LogP contribution in [0, 0.1) is 13.8 Å². The summed E-state index contributed by atoms with van der Waals surface area (Å²) in [5.41, 5.74) is 15.0. The van der Waals surface area contributed by atoms with E-state index in [9.17, 15) is 0 Å². The van der Waals surface area contributed by atoms with Gasteiger partial charge in [-0.25, -0.2) is 0 Å². The molecule has 0 saturated carbocycles. The highest BCUT2D eigenvalue weighted by molar-refractivity contribution is 6.23. The van der Waals surface area contributed by atoms with Gasteiger partial charge in [0.2, 0.25) is 0 Å². The molecule has 0 amide bonds. The van der Waals surface area contributed by atoms with Crippen molar-refractivity contribution in [2.45, 2.75) is 13.8 Å². The molecule has 0 aliphatic heterocycles. The van der Waals surface area contributed by atoms with Crippen molar-refractivity contribution in [1.82, 2.24) is 0 Å². The lowest BCUT2D eigenvalue weighted by Crippen LogP contribution is -2.12. The maximum absolute atomic E-state index is 6.49. The molecule has 2 nitrogen and oxygen atoms in total. The predicted octanol–water partition coefficient (Wildman–Crippen LogP) is 15.0. The van der Waals surface area contributed by atoms with Crippen LogP contribution < -0.4 is 4.90 Å². The number of furan rings is 1. The van der Waals surface area contributed by atoms with E-state index in [1.165, 1.54) is 66.1 Å². The Morgan fingerprint density at radius 3 is 1.69 bits per heavy atom. The summed E-state index contributed by atoms with van der Waals surface area (Å²) in [7, 11) is 0. The predicted molar refractivity (Wildman–Crippen MR) is 229 cm³/mol. The minimum atomic E-state index is 0.924. The summed E-state index contributed by atoms with van der Waals surface area (Å²) < 4.78 is 6.49. The molecule has 0 saturated heterocycles.